The topological polar surface area (TPSA) is 140 Å². The van der Waals surface area contributed by atoms with Crippen LogP contribution in [0.1, 0.15) is 51.9 Å². The van der Waals surface area contributed by atoms with Gasteiger partial charge in [0.05, 0.1) is 38.3 Å². The number of halogens is 2. The van der Waals surface area contributed by atoms with Gasteiger partial charge in [0.15, 0.2) is 0 Å². The van der Waals surface area contributed by atoms with Gasteiger partial charge in [-0.3, -0.25) is 9.36 Å². The number of aryl methyl sites for hydroxylation is 1. The Kier molecular flexibility index (Phi) is 9.76. The van der Waals surface area contributed by atoms with Crippen LogP contribution >= 0.6 is 23.2 Å². The van der Waals surface area contributed by atoms with E-state index in [4.69, 9.17) is 23.2 Å². The van der Waals surface area contributed by atoms with E-state index in [1.807, 2.05) is 6.92 Å². The number of carbonyl (C=O) groups is 2. The van der Waals surface area contributed by atoms with E-state index in [9.17, 15) is 27.9 Å². The largest absolute Gasteiger partial charge is 0.478 e. The molecule has 1 heterocycles. The van der Waals surface area contributed by atoms with E-state index in [0.29, 0.717) is 23.4 Å². The maximum Gasteiger partial charge on any atom is 0.351 e. The first-order chi connectivity index (χ1) is 22.0. The third-order valence-corrected chi connectivity index (χ3v) is 9.28. The average molecular weight is 680 g/mol. The molecule has 0 saturated carbocycles. The molecule has 2 N–H and O–H groups in total. The van der Waals surface area contributed by atoms with Crippen molar-refractivity contribution in [3.63, 3.8) is 0 Å². The predicted octanol–water partition coefficient (Wildman–Crippen LogP) is 6.22. The summed E-state index contributed by atoms with van der Waals surface area (Å²) in [6.45, 7) is 2.17. The smallest absolute Gasteiger partial charge is 0.351 e. The quantitative estimate of drug-likeness (QED) is 0.169. The highest BCUT2D eigenvalue weighted by Crippen LogP contribution is 2.28. The monoisotopic (exact) mass is 678 g/mol. The molecule has 46 heavy (non-hydrogen) atoms. The van der Waals surface area contributed by atoms with E-state index < -0.39 is 27.6 Å². The number of nitrogens with one attached hydrogen (secondary N) is 1. The van der Waals surface area contributed by atoms with Crippen LogP contribution in [0.25, 0.3) is 16.8 Å². The molecule has 0 spiro atoms. The summed E-state index contributed by atoms with van der Waals surface area (Å²) in [5.74, 6) is -1.50. The molecule has 236 valence electrons. The molecule has 0 fully saturated rings. The lowest BCUT2D eigenvalue weighted by atomic mass is 10.0. The highest BCUT2D eigenvalue weighted by molar-refractivity contribution is 7.90. The van der Waals surface area contributed by atoms with Gasteiger partial charge < -0.3 is 5.11 Å². The number of sulfonamides is 1. The Labute approximate surface area is 274 Å². The molecule has 13 heteroatoms. The summed E-state index contributed by atoms with van der Waals surface area (Å²) in [5.41, 5.74) is 1.36. The number of benzene rings is 4. The van der Waals surface area contributed by atoms with Crippen LogP contribution in [-0.2, 0) is 23.0 Å². The van der Waals surface area contributed by atoms with E-state index in [1.54, 1.807) is 54.6 Å². The number of rotatable bonds is 11. The molecule has 0 aliphatic carbocycles. The van der Waals surface area contributed by atoms with Crippen molar-refractivity contribution >= 4 is 45.1 Å². The zero-order valence-electron chi connectivity index (χ0n) is 24.5. The summed E-state index contributed by atoms with van der Waals surface area (Å²) in [7, 11) is -4.28. The molecule has 0 unspecified atom stereocenters. The minimum Gasteiger partial charge on any atom is -0.478 e. The number of carbonyl (C=O) groups excluding carboxylic acids is 1. The van der Waals surface area contributed by atoms with Gasteiger partial charge in [-0.2, -0.15) is 4.68 Å². The van der Waals surface area contributed by atoms with Crippen LogP contribution < -0.4 is 10.4 Å². The van der Waals surface area contributed by atoms with Crippen molar-refractivity contribution in [3.05, 3.63) is 134 Å². The van der Waals surface area contributed by atoms with Gasteiger partial charge in [0.25, 0.3) is 15.9 Å². The van der Waals surface area contributed by atoms with Gasteiger partial charge in [-0.25, -0.2) is 22.7 Å². The normalized spacial score (nSPS) is 11.4. The Morgan fingerprint density at radius 2 is 1.61 bits per heavy atom. The number of hydrogen-bond acceptors (Lipinski definition) is 6. The van der Waals surface area contributed by atoms with Gasteiger partial charge in [-0.05, 0) is 53.9 Å². The Bertz CT molecular complexity index is 2110. The first kappa shape index (κ1) is 32.7. The van der Waals surface area contributed by atoms with Gasteiger partial charge in [0.1, 0.15) is 5.82 Å². The minimum absolute atomic E-state index is 0.0303. The van der Waals surface area contributed by atoms with Crippen molar-refractivity contribution in [2.45, 2.75) is 37.6 Å². The van der Waals surface area contributed by atoms with Crippen LogP contribution in [0.5, 0.6) is 0 Å². The molecular formula is C33H28Cl2N4O6S. The second kappa shape index (κ2) is 13.7. The molecule has 0 aliphatic heterocycles. The van der Waals surface area contributed by atoms with Crippen molar-refractivity contribution in [2.75, 3.05) is 0 Å². The summed E-state index contributed by atoms with van der Waals surface area (Å²) < 4.78 is 31.4. The lowest BCUT2D eigenvalue weighted by Crippen LogP contribution is -2.31. The lowest BCUT2D eigenvalue weighted by Gasteiger charge is -2.13. The third-order valence-electron chi connectivity index (χ3n) is 7.24. The Morgan fingerprint density at radius 1 is 0.913 bits per heavy atom. The number of nitrogens with zero attached hydrogens (tertiary/aromatic N) is 3. The molecule has 0 aliphatic rings. The standard InChI is InChI=1S/C33H28Cl2N4O6S/c1-2-3-12-30-36-39(28-19-23(32(41)42)17-18-27(28)35)33(43)38(30)20-21-13-15-22(16-14-21)24-8-5-7-11-29(24)46(44,45)37-31(40)25-9-4-6-10-26(25)34/h4-11,13-19H,2-3,12,20H2,1H3,(H,37,40)(H,41,42). The third kappa shape index (κ3) is 6.91. The van der Waals surface area contributed by atoms with Crippen LogP contribution in [0.15, 0.2) is 101 Å². The average Bonchev–Trinajstić information content (AvgIpc) is 3.34. The maximum atomic E-state index is 13.6. The number of aromatic nitrogens is 3. The fourth-order valence-electron chi connectivity index (χ4n) is 4.87. The van der Waals surface area contributed by atoms with E-state index in [1.165, 1.54) is 41.0 Å². The first-order valence-corrected chi connectivity index (χ1v) is 16.5. The van der Waals surface area contributed by atoms with Gasteiger partial charge in [0.2, 0.25) is 0 Å². The summed E-state index contributed by atoms with van der Waals surface area (Å²) in [4.78, 5) is 37.8. The number of hydrogen-bond donors (Lipinski definition) is 2. The zero-order valence-corrected chi connectivity index (χ0v) is 26.8. The van der Waals surface area contributed by atoms with Crippen LogP contribution in [0.2, 0.25) is 10.0 Å². The zero-order chi connectivity index (χ0) is 33.0. The minimum atomic E-state index is -4.28. The van der Waals surface area contributed by atoms with E-state index >= 15 is 0 Å². The number of aromatic carboxylic acids is 1. The van der Waals surface area contributed by atoms with Crippen molar-refractivity contribution in [2.24, 2.45) is 0 Å². The molecule has 0 radical (unpaired) electrons. The molecule has 5 aromatic rings. The maximum absolute atomic E-state index is 13.6. The van der Waals surface area contributed by atoms with Crippen LogP contribution in [0.3, 0.4) is 0 Å². The highest BCUT2D eigenvalue weighted by Gasteiger charge is 2.24. The molecule has 1 aromatic heterocycles. The fourth-order valence-corrected chi connectivity index (χ4v) is 6.49. The molecule has 0 bridgehead atoms. The van der Waals surface area contributed by atoms with Gasteiger partial charge in [0, 0.05) is 12.0 Å². The number of carboxylic acid groups (broad SMARTS) is 1. The number of unbranched alkanes of at least 4 members (excludes halogenated alkanes) is 1. The Morgan fingerprint density at radius 3 is 2.30 bits per heavy atom. The van der Waals surface area contributed by atoms with Crippen LogP contribution in [0.4, 0.5) is 0 Å². The van der Waals surface area contributed by atoms with Crippen LogP contribution in [0, 0.1) is 0 Å². The summed E-state index contributed by atoms with van der Waals surface area (Å²) in [5, 5.41) is 14.3. The molecule has 1 amide bonds. The molecule has 4 aromatic carbocycles. The van der Waals surface area contributed by atoms with Crippen LogP contribution in [-0.4, -0.2) is 39.7 Å². The summed E-state index contributed by atoms with van der Waals surface area (Å²) in [6, 6.07) is 23.5. The first-order valence-electron chi connectivity index (χ1n) is 14.2. The van der Waals surface area contributed by atoms with Crippen molar-refractivity contribution in [3.8, 4) is 16.8 Å². The van der Waals surface area contributed by atoms with E-state index in [0.717, 1.165) is 23.1 Å². The second-order valence-corrected chi connectivity index (χ2v) is 12.8. The number of carboxylic acids is 1. The molecular weight excluding hydrogens is 651 g/mol. The second-order valence-electron chi connectivity index (χ2n) is 10.4. The molecule has 0 saturated heterocycles. The summed E-state index contributed by atoms with van der Waals surface area (Å²) >= 11 is 12.4. The summed E-state index contributed by atoms with van der Waals surface area (Å²) in [6.07, 6.45) is 2.15. The van der Waals surface area contributed by atoms with Gasteiger partial charge in [-0.1, -0.05) is 91.1 Å². The number of amides is 1. The fraction of sp³-hybridized carbons (Fsp3) is 0.152. The van der Waals surface area contributed by atoms with E-state index in [2.05, 4.69) is 9.82 Å². The highest BCUT2D eigenvalue weighted by atomic mass is 35.5. The SMILES string of the molecule is CCCCc1nn(-c2cc(C(=O)O)ccc2Cl)c(=O)n1Cc1ccc(-c2ccccc2S(=O)(=O)NC(=O)c2ccccc2Cl)cc1. The predicted molar refractivity (Wildman–Crippen MR) is 175 cm³/mol. The Balaban J connectivity index is 1.45. The van der Waals surface area contributed by atoms with E-state index in [-0.39, 0.29) is 38.3 Å². The van der Waals surface area contributed by atoms with Crippen molar-refractivity contribution in [1.29, 1.82) is 0 Å². The van der Waals surface area contributed by atoms with Gasteiger partial charge >= 0.3 is 11.7 Å². The van der Waals surface area contributed by atoms with Crippen molar-refractivity contribution in [1.82, 2.24) is 19.1 Å². The molecule has 10 nitrogen and oxygen atoms in total. The Hall–Kier alpha value is -4.71. The molecule has 5 rings (SSSR count). The lowest BCUT2D eigenvalue weighted by molar-refractivity contribution is 0.0696. The van der Waals surface area contributed by atoms with Crippen molar-refractivity contribution < 1.29 is 23.1 Å². The molecule has 0 atom stereocenters. The van der Waals surface area contributed by atoms with Gasteiger partial charge in [-0.15, -0.1) is 5.10 Å².